The summed E-state index contributed by atoms with van der Waals surface area (Å²) in [6.07, 6.45) is 5.21. The third kappa shape index (κ3) is 4.73. The molecule has 134 valence electrons. The standard InChI is InChI=1S/C20H31NO3/c1-5-7-13-23-18-11-10-17(14-15(18)3)21-19(22)20(4,16-8-9-16)24-12-6-2/h10-11,14,16H,5-9,12-13H2,1-4H3,(H,21,22)/t20-/m1/s1. The van der Waals surface area contributed by atoms with Crippen LogP contribution in [0, 0.1) is 12.8 Å². The molecule has 0 unspecified atom stereocenters. The zero-order valence-corrected chi connectivity index (χ0v) is 15.5. The Bertz CT molecular complexity index is 554. The van der Waals surface area contributed by atoms with Crippen LogP contribution < -0.4 is 10.1 Å². The van der Waals surface area contributed by atoms with Crippen molar-refractivity contribution in [2.75, 3.05) is 18.5 Å². The van der Waals surface area contributed by atoms with Gasteiger partial charge in [0, 0.05) is 12.3 Å². The monoisotopic (exact) mass is 333 g/mol. The zero-order chi connectivity index (χ0) is 17.6. The highest BCUT2D eigenvalue weighted by molar-refractivity contribution is 5.97. The van der Waals surface area contributed by atoms with Crippen LogP contribution in [0.25, 0.3) is 0 Å². The molecule has 1 aromatic carbocycles. The van der Waals surface area contributed by atoms with Gasteiger partial charge in [-0.25, -0.2) is 0 Å². The molecule has 0 aliphatic heterocycles. The van der Waals surface area contributed by atoms with Crippen LogP contribution >= 0.6 is 0 Å². The number of carbonyl (C=O) groups is 1. The molecule has 0 heterocycles. The minimum atomic E-state index is -0.722. The van der Waals surface area contributed by atoms with Gasteiger partial charge in [0.25, 0.3) is 5.91 Å². The summed E-state index contributed by atoms with van der Waals surface area (Å²) in [5, 5.41) is 3.03. The second-order valence-electron chi connectivity index (χ2n) is 6.87. The van der Waals surface area contributed by atoms with E-state index in [0.29, 0.717) is 12.5 Å². The molecule has 1 fully saturated rings. The highest BCUT2D eigenvalue weighted by Gasteiger charge is 2.48. The van der Waals surface area contributed by atoms with Crippen LogP contribution in [0.3, 0.4) is 0 Å². The van der Waals surface area contributed by atoms with Gasteiger partial charge in [-0.2, -0.15) is 0 Å². The van der Waals surface area contributed by atoms with E-state index in [2.05, 4.69) is 19.2 Å². The van der Waals surface area contributed by atoms with Crippen LogP contribution in [0.5, 0.6) is 5.75 Å². The number of rotatable bonds is 10. The second-order valence-corrected chi connectivity index (χ2v) is 6.87. The predicted octanol–water partition coefficient (Wildman–Crippen LogP) is 4.71. The molecular formula is C20H31NO3. The summed E-state index contributed by atoms with van der Waals surface area (Å²) in [5.41, 5.74) is 1.11. The van der Waals surface area contributed by atoms with Crippen molar-refractivity contribution in [1.29, 1.82) is 0 Å². The van der Waals surface area contributed by atoms with E-state index < -0.39 is 5.60 Å². The maximum absolute atomic E-state index is 12.8. The topological polar surface area (TPSA) is 47.6 Å². The fourth-order valence-corrected chi connectivity index (χ4v) is 2.79. The lowest BCUT2D eigenvalue weighted by atomic mass is 9.98. The lowest BCUT2D eigenvalue weighted by Gasteiger charge is -2.28. The van der Waals surface area contributed by atoms with Gasteiger partial charge in [0.15, 0.2) is 0 Å². The van der Waals surface area contributed by atoms with Crippen molar-refractivity contribution in [2.45, 2.75) is 65.4 Å². The van der Waals surface area contributed by atoms with E-state index in [1.54, 1.807) is 0 Å². The SMILES string of the molecule is CCCCOc1ccc(NC(=O)[C@](C)(OCCC)C2CC2)cc1C. The number of carbonyl (C=O) groups excluding carboxylic acids is 1. The average Bonchev–Trinajstić information content (AvgIpc) is 3.40. The van der Waals surface area contributed by atoms with Crippen molar-refractivity contribution in [1.82, 2.24) is 0 Å². The van der Waals surface area contributed by atoms with E-state index in [1.165, 1.54) is 0 Å². The number of amides is 1. The predicted molar refractivity (Wildman–Crippen MR) is 97.6 cm³/mol. The maximum atomic E-state index is 12.8. The number of nitrogens with one attached hydrogen (secondary N) is 1. The Labute approximate surface area is 145 Å². The van der Waals surface area contributed by atoms with Gasteiger partial charge in [0.1, 0.15) is 11.4 Å². The molecule has 4 heteroatoms. The Balaban J connectivity index is 2.01. The number of hydrogen-bond acceptors (Lipinski definition) is 3. The molecule has 0 bridgehead atoms. The quantitative estimate of drug-likeness (QED) is 0.631. The number of hydrogen-bond donors (Lipinski definition) is 1. The highest BCUT2D eigenvalue weighted by atomic mass is 16.5. The first-order chi connectivity index (χ1) is 11.5. The third-order valence-electron chi connectivity index (χ3n) is 4.60. The van der Waals surface area contributed by atoms with Gasteiger partial charge in [0.2, 0.25) is 0 Å². The van der Waals surface area contributed by atoms with Crippen molar-refractivity contribution >= 4 is 11.6 Å². The van der Waals surface area contributed by atoms with Crippen molar-refractivity contribution in [3.05, 3.63) is 23.8 Å². The molecule has 1 aliphatic carbocycles. The normalized spacial score (nSPS) is 16.5. The largest absolute Gasteiger partial charge is 0.493 e. The molecule has 1 aliphatic rings. The summed E-state index contributed by atoms with van der Waals surface area (Å²) in [6.45, 7) is 9.48. The Kier molecular flexibility index (Phi) is 6.67. The van der Waals surface area contributed by atoms with Gasteiger partial charge in [-0.05, 0) is 69.2 Å². The van der Waals surface area contributed by atoms with Crippen molar-refractivity contribution in [3.63, 3.8) is 0 Å². The van der Waals surface area contributed by atoms with Crippen molar-refractivity contribution in [2.24, 2.45) is 5.92 Å². The van der Waals surface area contributed by atoms with Crippen LogP contribution in [0.2, 0.25) is 0 Å². The minimum Gasteiger partial charge on any atom is -0.493 e. The number of aryl methyl sites for hydroxylation is 1. The molecule has 1 amide bonds. The lowest BCUT2D eigenvalue weighted by molar-refractivity contribution is -0.142. The Morgan fingerprint density at radius 2 is 2.00 bits per heavy atom. The Hall–Kier alpha value is -1.55. The van der Waals surface area contributed by atoms with E-state index >= 15 is 0 Å². The van der Waals surface area contributed by atoms with Gasteiger partial charge in [0.05, 0.1) is 6.61 Å². The molecular weight excluding hydrogens is 302 g/mol. The van der Waals surface area contributed by atoms with E-state index in [9.17, 15) is 4.79 Å². The molecule has 1 saturated carbocycles. The molecule has 0 aromatic heterocycles. The summed E-state index contributed by atoms with van der Waals surface area (Å²) in [5.74, 6) is 1.17. The first-order valence-electron chi connectivity index (χ1n) is 9.20. The third-order valence-corrected chi connectivity index (χ3v) is 4.60. The smallest absolute Gasteiger partial charge is 0.256 e. The minimum absolute atomic E-state index is 0.0440. The highest BCUT2D eigenvalue weighted by Crippen LogP contribution is 2.42. The summed E-state index contributed by atoms with van der Waals surface area (Å²) in [7, 11) is 0. The van der Waals surface area contributed by atoms with E-state index in [1.807, 2.05) is 32.0 Å². The van der Waals surface area contributed by atoms with E-state index in [4.69, 9.17) is 9.47 Å². The summed E-state index contributed by atoms with van der Waals surface area (Å²) in [6, 6.07) is 5.80. The molecule has 0 radical (unpaired) electrons. The molecule has 1 atom stereocenters. The second kappa shape index (κ2) is 8.52. The average molecular weight is 333 g/mol. The molecule has 0 spiro atoms. The van der Waals surface area contributed by atoms with Gasteiger partial charge in [-0.1, -0.05) is 20.3 Å². The summed E-state index contributed by atoms with van der Waals surface area (Å²) in [4.78, 5) is 12.8. The zero-order valence-electron chi connectivity index (χ0n) is 15.5. The van der Waals surface area contributed by atoms with Gasteiger partial charge < -0.3 is 14.8 Å². The molecule has 1 N–H and O–H groups in total. The van der Waals surface area contributed by atoms with Crippen LogP contribution in [0.15, 0.2) is 18.2 Å². The molecule has 0 saturated heterocycles. The van der Waals surface area contributed by atoms with E-state index in [-0.39, 0.29) is 5.91 Å². The first kappa shape index (κ1) is 18.8. The number of anilines is 1. The van der Waals surface area contributed by atoms with Crippen LogP contribution in [0.4, 0.5) is 5.69 Å². The molecule has 24 heavy (non-hydrogen) atoms. The number of ether oxygens (including phenoxy) is 2. The maximum Gasteiger partial charge on any atom is 0.256 e. The number of benzene rings is 1. The van der Waals surface area contributed by atoms with Crippen LogP contribution in [-0.2, 0) is 9.53 Å². The lowest BCUT2D eigenvalue weighted by Crippen LogP contribution is -2.45. The van der Waals surface area contributed by atoms with Gasteiger partial charge >= 0.3 is 0 Å². The summed E-state index contributed by atoms with van der Waals surface area (Å²) < 4.78 is 11.7. The molecule has 1 aromatic rings. The summed E-state index contributed by atoms with van der Waals surface area (Å²) >= 11 is 0. The Morgan fingerprint density at radius 1 is 1.25 bits per heavy atom. The fourth-order valence-electron chi connectivity index (χ4n) is 2.79. The van der Waals surface area contributed by atoms with Crippen molar-refractivity contribution < 1.29 is 14.3 Å². The van der Waals surface area contributed by atoms with Gasteiger partial charge in [-0.3, -0.25) is 4.79 Å². The number of unbranched alkanes of at least 4 members (excludes halogenated alkanes) is 1. The molecule has 4 nitrogen and oxygen atoms in total. The van der Waals surface area contributed by atoms with Gasteiger partial charge in [-0.15, -0.1) is 0 Å². The van der Waals surface area contributed by atoms with E-state index in [0.717, 1.165) is 55.7 Å². The fraction of sp³-hybridized carbons (Fsp3) is 0.650. The van der Waals surface area contributed by atoms with Crippen LogP contribution in [-0.4, -0.2) is 24.7 Å². The Morgan fingerprint density at radius 3 is 2.58 bits per heavy atom. The first-order valence-corrected chi connectivity index (χ1v) is 9.20. The molecule has 2 rings (SSSR count). The van der Waals surface area contributed by atoms with Crippen LogP contribution in [0.1, 0.15) is 58.4 Å². The van der Waals surface area contributed by atoms with Crippen molar-refractivity contribution in [3.8, 4) is 5.75 Å².